The lowest BCUT2D eigenvalue weighted by atomic mass is 9.94. The van der Waals surface area contributed by atoms with Crippen LogP contribution < -0.4 is 4.74 Å². The summed E-state index contributed by atoms with van der Waals surface area (Å²) in [6.07, 6.45) is 0. The van der Waals surface area contributed by atoms with E-state index >= 15 is 0 Å². The highest BCUT2D eigenvalue weighted by Gasteiger charge is 2.19. The fourth-order valence-corrected chi connectivity index (χ4v) is 1.66. The lowest BCUT2D eigenvalue weighted by Crippen LogP contribution is -2.10. The molecule has 0 aromatic heterocycles. The summed E-state index contributed by atoms with van der Waals surface area (Å²) in [6.45, 7) is 3.37. The average Bonchev–Trinajstić information content (AvgIpc) is 2.27. The van der Waals surface area contributed by atoms with Crippen molar-refractivity contribution in [3.8, 4) is 11.8 Å². The van der Waals surface area contributed by atoms with Gasteiger partial charge in [-0.1, -0.05) is 6.07 Å². The van der Waals surface area contributed by atoms with Crippen LogP contribution in [0.5, 0.6) is 5.75 Å². The zero-order chi connectivity index (χ0) is 12.3. The van der Waals surface area contributed by atoms with Crippen LogP contribution >= 0.6 is 0 Å². The number of hydrogen-bond donors (Lipinski definition) is 1. The Kier molecular flexibility index (Phi) is 3.51. The number of nitrogens with zero attached hydrogens (tertiary/aromatic N) is 1. The molecule has 0 saturated heterocycles. The largest absolute Gasteiger partial charge is 0.495 e. The maximum Gasteiger partial charge on any atom is 0.310 e. The highest BCUT2D eigenvalue weighted by atomic mass is 16.5. The molecule has 1 N–H and O–H groups in total. The smallest absolute Gasteiger partial charge is 0.310 e. The molecular weight excluding hydrogens is 206 g/mol. The Morgan fingerprint density at radius 2 is 2.19 bits per heavy atom. The molecule has 1 rings (SSSR count). The monoisotopic (exact) mass is 219 g/mol. The number of carboxylic acids is 1. The first-order chi connectivity index (χ1) is 7.52. The van der Waals surface area contributed by atoms with E-state index < -0.39 is 11.9 Å². The van der Waals surface area contributed by atoms with Gasteiger partial charge in [-0.2, -0.15) is 5.26 Å². The summed E-state index contributed by atoms with van der Waals surface area (Å²) in [5, 5.41) is 17.8. The molecule has 0 radical (unpaired) electrons. The number of hydrogen-bond acceptors (Lipinski definition) is 3. The quantitative estimate of drug-likeness (QED) is 0.844. The van der Waals surface area contributed by atoms with Crippen molar-refractivity contribution in [3.05, 3.63) is 28.8 Å². The van der Waals surface area contributed by atoms with Gasteiger partial charge < -0.3 is 9.84 Å². The summed E-state index contributed by atoms with van der Waals surface area (Å²) in [5.41, 5.74) is 1.79. The highest BCUT2D eigenvalue weighted by molar-refractivity contribution is 5.76. The molecule has 4 nitrogen and oxygen atoms in total. The third kappa shape index (κ3) is 1.98. The molecular formula is C12H13NO3. The molecule has 0 amide bonds. The van der Waals surface area contributed by atoms with Crippen LogP contribution in [0.25, 0.3) is 0 Å². The predicted molar refractivity (Wildman–Crippen MR) is 58.5 cm³/mol. The lowest BCUT2D eigenvalue weighted by Gasteiger charge is -2.14. The number of carboxylic acid groups (broad SMARTS) is 1. The van der Waals surface area contributed by atoms with Gasteiger partial charge in [0.15, 0.2) is 0 Å². The fourth-order valence-electron chi connectivity index (χ4n) is 1.66. The number of ether oxygens (including phenoxy) is 1. The summed E-state index contributed by atoms with van der Waals surface area (Å²) in [7, 11) is 1.47. The second kappa shape index (κ2) is 4.67. The van der Waals surface area contributed by atoms with Gasteiger partial charge in [0, 0.05) is 0 Å². The van der Waals surface area contributed by atoms with Crippen molar-refractivity contribution >= 4 is 5.97 Å². The molecule has 0 aliphatic heterocycles. The molecule has 0 heterocycles. The first-order valence-corrected chi connectivity index (χ1v) is 4.83. The third-order valence-corrected chi connectivity index (χ3v) is 2.61. The lowest BCUT2D eigenvalue weighted by molar-refractivity contribution is -0.138. The van der Waals surface area contributed by atoms with Crippen LogP contribution in [0.3, 0.4) is 0 Å². The Bertz CT molecular complexity index is 460. The fraction of sp³-hybridized carbons (Fsp3) is 0.333. The zero-order valence-corrected chi connectivity index (χ0v) is 9.44. The van der Waals surface area contributed by atoms with Crippen molar-refractivity contribution in [1.82, 2.24) is 0 Å². The van der Waals surface area contributed by atoms with E-state index in [4.69, 9.17) is 15.1 Å². The van der Waals surface area contributed by atoms with E-state index in [0.717, 1.165) is 0 Å². The second-order valence-electron chi connectivity index (χ2n) is 3.53. The summed E-state index contributed by atoms with van der Waals surface area (Å²) in [4.78, 5) is 10.9. The van der Waals surface area contributed by atoms with Gasteiger partial charge in [0.25, 0.3) is 0 Å². The molecule has 1 aromatic rings. The minimum Gasteiger partial charge on any atom is -0.495 e. The zero-order valence-electron chi connectivity index (χ0n) is 9.44. The van der Waals surface area contributed by atoms with E-state index in [0.29, 0.717) is 22.4 Å². The highest BCUT2D eigenvalue weighted by Crippen LogP contribution is 2.30. The van der Waals surface area contributed by atoms with Crippen molar-refractivity contribution in [3.63, 3.8) is 0 Å². The maximum atomic E-state index is 10.9. The Labute approximate surface area is 94.1 Å². The normalized spacial score (nSPS) is 11.6. The van der Waals surface area contributed by atoms with Crippen LogP contribution in [0, 0.1) is 18.3 Å². The van der Waals surface area contributed by atoms with Crippen LogP contribution in [-0.4, -0.2) is 18.2 Å². The van der Waals surface area contributed by atoms with Crippen molar-refractivity contribution in [1.29, 1.82) is 5.26 Å². The SMILES string of the molecule is COc1c(C#N)ccc(C(C)C(=O)O)c1C. The number of carbonyl (C=O) groups is 1. The van der Waals surface area contributed by atoms with E-state index in [1.165, 1.54) is 7.11 Å². The standard InChI is InChI=1S/C12H13NO3/c1-7-10(8(2)12(14)15)5-4-9(6-13)11(7)16-3/h4-5,8H,1-3H3,(H,14,15). The van der Waals surface area contributed by atoms with E-state index in [1.54, 1.807) is 26.0 Å². The van der Waals surface area contributed by atoms with E-state index in [1.807, 2.05) is 6.07 Å². The minimum atomic E-state index is -0.894. The molecule has 0 aliphatic rings. The van der Waals surface area contributed by atoms with Crippen LogP contribution in [0.2, 0.25) is 0 Å². The summed E-state index contributed by atoms with van der Waals surface area (Å²) in [5.74, 6) is -1.05. The topological polar surface area (TPSA) is 70.3 Å². The molecule has 0 saturated carbocycles. The van der Waals surface area contributed by atoms with Crippen molar-refractivity contribution in [2.75, 3.05) is 7.11 Å². The van der Waals surface area contributed by atoms with Gasteiger partial charge >= 0.3 is 5.97 Å². The predicted octanol–water partition coefficient (Wildman–Crippen LogP) is 2.06. The molecule has 1 unspecified atom stereocenters. The first kappa shape index (κ1) is 12.1. The number of methoxy groups -OCH3 is 1. The Morgan fingerprint density at radius 3 is 2.62 bits per heavy atom. The summed E-state index contributed by atoms with van der Waals surface area (Å²) >= 11 is 0. The number of benzene rings is 1. The number of aliphatic carboxylic acids is 1. The van der Waals surface area contributed by atoms with Gasteiger partial charge in [-0.3, -0.25) is 4.79 Å². The molecule has 0 aliphatic carbocycles. The van der Waals surface area contributed by atoms with Gasteiger partial charge in [0.2, 0.25) is 0 Å². The molecule has 4 heteroatoms. The van der Waals surface area contributed by atoms with Crippen LogP contribution in [0.15, 0.2) is 12.1 Å². The second-order valence-corrected chi connectivity index (χ2v) is 3.53. The molecule has 0 fully saturated rings. The van der Waals surface area contributed by atoms with Gasteiger partial charge in [0.1, 0.15) is 11.8 Å². The van der Waals surface area contributed by atoms with Crippen LogP contribution in [-0.2, 0) is 4.79 Å². The Morgan fingerprint density at radius 1 is 1.56 bits per heavy atom. The molecule has 0 bridgehead atoms. The average molecular weight is 219 g/mol. The maximum absolute atomic E-state index is 10.9. The molecule has 84 valence electrons. The van der Waals surface area contributed by atoms with Gasteiger partial charge in [-0.05, 0) is 31.0 Å². The van der Waals surface area contributed by atoms with Gasteiger partial charge in [0.05, 0.1) is 18.6 Å². The summed E-state index contributed by atoms with van der Waals surface area (Å²) < 4.78 is 5.12. The van der Waals surface area contributed by atoms with Crippen molar-refractivity contribution < 1.29 is 14.6 Å². The van der Waals surface area contributed by atoms with Crippen molar-refractivity contribution in [2.45, 2.75) is 19.8 Å². The Balaban J connectivity index is 3.36. The minimum absolute atomic E-state index is 0.418. The van der Waals surface area contributed by atoms with E-state index in [9.17, 15) is 4.79 Å². The van der Waals surface area contributed by atoms with Crippen LogP contribution in [0.4, 0.5) is 0 Å². The summed E-state index contributed by atoms with van der Waals surface area (Å²) in [6, 6.07) is 5.26. The first-order valence-electron chi connectivity index (χ1n) is 4.83. The molecule has 0 spiro atoms. The van der Waals surface area contributed by atoms with Gasteiger partial charge in [-0.15, -0.1) is 0 Å². The molecule has 1 atom stereocenters. The third-order valence-electron chi connectivity index (χ3n) is 2.61. The van der Waals surface area contributed by atoms with Crippen molar-refractivity contribution in [2.24, 2.45) is 0 Å². The van der Waals surface area contributed by atoms with Crippen LogP contribution in [0.1, 0.15) is 29.5 Å². The molecule has 16 heavy (non-hydrogen) atoms. The molecule has 1 aromatic carbocycles. The van der Waals surface area contributed by atoms with Gasteiger partial charge in [-0.25, -0.2) is 0 Å². The van der Waals surface area contributed by atoms with E-state index in [2.05, 4.69) is 0 Å². The number of rotatable bonds is 3. The Hall–Kier alpha value is -2.02. The van der Waals surface area contributed by atoms with E-state index in [-0.39, 0.29) is 0 Å². The number of nitriles is 1.